The number of halogens is 2. The zero-order valence-corrected chi connectivity index (χ0v) is 14.6. The van der Waals surface area contributed by atoms with E-state index in [0.29, 0.717) is 0 Å². The zero-order valence-electron chi connectivity index (χ0n) is 11.5. The largest absolute Gasteiger partial charge is 0.271 e. The number of hydrogen-bond donors (Lipinski definition) is 2. The van der Waals surface area contributed by atoms with Crippen LogP contribution in [0.5, 0.6) is 0 Å². The van der Waals surface area contributed by atoms with Crippen LogP contribution in [0.3, 0.4) is 0 Å². The Labute approximate surface area is 136 Å². The van der Waals surface area contributed by atoms with E-state index in [1.54, 1.807) is 0 Å². The predicted octanol–water partition coefficient (Wildman–Crippen LogP) is 3.74. The molecule has 0 amide bonds. The van der Waals surface area contributed by atoms with Crippen LogP contribution in [0, 0.1) is 0 Å². The molecule has 1 heterocycles. The average molecular weight is 402 g/mol. The van der Waals surface area contributed by atoms with Crippen molar-refractivity contribution >= 4 is 31.9 Å². The number of nitrogens with two attached hydrogens (primary N) is 1. The van der Waals surface area contributed by atoms with E-state index in [-0.39, 0.29) is 12.1 Å². The molecule has 1 aromatic heterocycles. The molecule has 0 spiro atoms. The van der Waals surface area contributed by atoms with Gasteiger partial charge in [0.15, 0.2) is 0 Å². The number of nitrogens with zero attached hydrogens (tertiary/aromatic N) is 2. The Morgan fingerprint density at radius 1 is 1.35 bits per heavy atom. The molecule has 6 heteroatoms. The highest BCUT2D eigenvalue weighted by Gasteiger charge is 2.20. The van der Waals surface area contributed by atoms with E-state index in [2.05, 4.69) is 68.4 Å². The molecule has 108 valence electrons. The maximum Gasteiger partial charge on any atom is 0.0715 e. The van der Waals surface area contributed by atoms with Crippen LogP contribution in [0.25, 0.3) is 0 Å². The minimum absolute atomic E-state index is 0.00331. The van der Waals surface area contributed by atoms with Crippen molar-refractivity contribution in [1.82, 2.24) is 15.2 Å². The molecule has 4 nitrogen and oxygen atoms in total. The summed E-state index contributed by atoms with van der Waals surface area (Å²) in [6.07, 6.45) is 2.62. The van der Waals surface area contributed by atoms with Gasteiger partial charge >= 0.3 is 0 Å². The lowest BCUT2D eigenvalue weighted by Gasteiger charge is -2.20. The molecule has 0 aliphatic carbocycles. The first-order chi connectivity index (χ1) is 9.52. The molecule has 0 fully saturated rings. The Morgan fingerprint density at radius 2 is 2.10 bits per heavy atom. The van der Waals surface area contributed by atoms with Gasteiger partial charge in [-0.1, -0.05) is 28.1 Å². The van der Waals surface area contributed by atoms with E-state index >= 15 is 0 Å². The number of aromatic nitrogens is 2. The summed E-state index contributed by atoms with van der Waals surface area (Å²) in [5.74, 6) is 5.76. The monoisotopic (exact) mass is 400 g/mol. The van der Waals surface area contributed by atoms with Crippen LogP contribution in [0.2, 0.25) is 0 Å². The molecule has 1 unspecified atom stereocenters. The topological polar surface area (TPSA) is 55.9 Å². The van der Waals surface area contributed by atoms with E-state index < -0.39 is 0 Å². The van der Waals surface area contributed by atoms with Crippen molar-refractivity contribution < 1.29 is 0 Å². The van der Waals surface area contributed by atoms with Crippen LogP contribution in [-0.2, 0) is 6.42 Å². The number of benzene rings is 1. The van der Waals surface area contributed by atoms with Gasteiger partial charge < -0.3 is 0 Å². The molecule has 0 aliphatic heterocycles. The third-order valence-electron chi connectivity index (χ3n) is 3.14. The van der Waals surface area contributed by atoms with Gasteiger partial charge in [0.05, 0.1) is 22.4 Å². The van der Waals surface area contributed by atoms with E-state index in [9.17, 15) is 0 Å². The minimum Gasteiger partial charge on any atom is -0.271 e. The second-order valence-electron chi connectivity index (χ2n) is 4.97. The summed E-state index contributed by atoms with van der Waals surface area (Å²) in [6.45, 7) is 4.21. The summed E-state index contributed by atoms with van der Waals surface area (Å²) in [6, 6.07) is 8.54. The van der Waals surface area contributed by atoms with Gasteiger partial charge in [-0.3, -0.25) is 16.0 Å². The lowest BCUT2D eigenvalue weighted by Crippen LogP contribution is -2.32. The Morgan fingerprint density at radius 3 is 2.70 bits per heavy atom. The van der Waals surface area contributed by atoms with Crippen LogP contribution in [0.4, 0.5) is 0 Å². The molecule has 20 heavy (non-hydrogen) atoms. The van der Waals surface area contributed by atoms with Crippen LogP contribution in [-0.4, -0.2) is 9.78 Å². The molecular weight excluding hydrogens is 384 g/mol. The lowest BCUT2D eigenvalue weighted by molar-refractivity contribution is 0.446. The second-order valence-corrected chi connectivity index (χ2v) is 6.74. The molecule has 1 atom stereocenters. The van der Waals surface area contributed by atoms with E-state index in [0.717, 1.165) is 21.1 Å². The van der Waals surface area contributed by atoms with E-state index in [1.807, 2.05) is 23.0 Å². The van der Waals surface area contributed by atoms with Gasteiger partial charge in [-0.15, -0.1) is 0 Å². The van der Waals surface area contributed by atoms with Gasteiger partial charge in [0.25, 0.3) is 0 Å². The molecule has 0 radical (unpaired) electrons. The molecule has 0 bridgehead atoms. The van der Waals surface area contributed by atoms with Gasteiger partial charge in [0, 0.05) is 10.5 Å². The maximum atomic E-state index is 5.76. The molecule has 0 saturated heterocycles. The van der Waals surface area contributed by atoms with Crippen molar-refractivity contribution in [2.45, 2.75) is 32.4 Å². The number of nitrogens with one attached hydrogen (secondary N) is 1. The fourth-order valence-electron chi connectivity index (χ4n) is 2.22. The normalized spacial score (nSPS) is 12.9. The highest BCUT2D eigenvalue weighted by Crippen LogP contribution is 2.28. The van der Waals surface area contributed by atoms with Crippen LogP contribution >= 0.6 is 31.9 Å². The van der Waals surface area contributed by atoms with Gasteiger partial charge in [-0.05, 0) is 53.9 Å². The van der Waals surface area contributed by atoms with Crippen molar-refractivity contribution in [3.63, 3.8) is 0 Å². The smallest absolute Gasteiger partial charge is 0.0715 e. The highest BCUT2D eigenvalue weighted by molar-refractivity contribution is 9.10. The van der Waals surface area contributed by atoms with Crippen LogP contribution in [0.1, 0.15) is 37.2 Å². The van der Waals surface area contributed by atoms with Crippen LogP contribution in [0.15, 0.2) is 39.4 Å². The quantitative estimate of drug-likeness (QED) is 0.592. The Balaban J connectivity index is 2.31. The number of rotatable bonds is 5. The van der Waals surface area contributed by atoms with Crippen molar-refractivity contribution in [1.29, 1.82) is 0 Å². The Hall–Kier alpha value is -0.690. The molecule has 0 saturated carbocycles. The van der Waals surface area contributed by atoms with E-state index in [1.165, 1.54) is 5.56 Å². The standard InChI is InChI=1S/C14H18Br2N4/c1-9(2)20-14(12(16)8-18-20)13(19-17)7-10-4-3-5-11(15)6-10/h3-6,8-9,13,19H,7,17H2,1-2H3. The highest BCUT2D eigenvalue weighted by atomic mass is 79.9. The first-order valence-corrected chi connectivity index (χ1v) is 8.05. The fraction of sp³-hybridized carbons (Fsp3) is 0.357. The zero-order chi connectivity index (χ0) is 14.7. The molecule has 3 N–H and O–H groups in total. The van der Waals surface area contributed by atoms with E-state index in [4.69, 9.17) is 5.84 Å². The van der Waals surface area contributed by atoms with Gasteiger partial charge in [-0.25, -0.2) is 0 Å². The summed E-state index contributed by atoms with van der Waals surface area (Å²) in [5, 5.41) is 4.41. The molecule has 2 aromatic rings. The lowest BCUT2D eigenvalue weighted by atomic mass is 10.0. The molecule has 0 aliphatic rings. The first kappa shape index (κ1) is 15.7. The maximum absolute atomic E-state index is 5.76. The predicted molar refractivity (Wildman–Crippen MR) is 88.2 cm³/mol. The number of hydrogen-bond acceptors (Lipinski definition) is 3. The Bertz CT molecular complexity index is 580. The summed E-state index contributed by atoms with van der Waals surface area (Å²) in [7, 11) is 0. The second kappa shape index (κ2) is 6.85. The van der Waals surface area contributed by atoms with Crippen molar-refractivity contribution in [3.05, 3.63) is 50.7 Å². The van der Waals surface area contributed by atoms with Crippen LogP contribution < -0.4 is 11.3 Å². The van der Waals surface area contributed by atoms with Gasteiger partial charge in [-0.2, -0.15) is 5.10 Å². The van der Waals surface area contributed by atoms with Crippen molar-refractivity contribution in [2.75, 3.05) is 0 Å². The third kappa shape index (κ3) is 3.49. The summed E-state index contributed by atoms with van der Waals surface area (Å²) >= 11 is 7.06. The number of hydrazine groups is 1. The SMILES string of the molecule is CC(C)n1ncc(Br)c1C(Cc1cccc(Br)c1)NN. The first-order valence-electron chi connectivity index (χ1n) is 6.46. The fourth-order valence-corrected chi connectivity index (χ4v) is 3.22. The summed E-state index contributed by atoms with van der Waals surface area (Å²) in [5.41, 5.74) is 5.19. The Kier molecular flexibility index (Phi) is 5.37. The van der Waals surface area contributed by atoms with Crippen molar-refractivity contribution in [3.8, 4) is 0 Å². The third-order valence-corrected chi connectivity index (χ3v) is 4.24. The molecule has 2 rings (SSSR count). The minimum atomic E-state index is 0.00331. The molecular formula is C14H18Br2N4. The summed E-state index contributed by atoms with van der Waals surface area (Å²) < 4.78 is 4.04. The van der Waals surface area contributed by atoms with Gasteiger partial charge in [0.2, 0.25) is 0 Å². The average Bonchev–Trinajstić information content (AvgIpc) is 2.78. The van der Waals surface area contributed by atoms with Gasteiger partial charge in [0.1, 0.15) is 0 Å². The molecule has 1 aromatic carbocycles. The summed E-state index contributed by atoms with van der Waals surface area (Å²) in [4.78, 5) is 0. The van der Waals surface area contributed by atoms with Crippen molar-refractivity contribution in [2.24, 2.45) is 5.84 Å².